The van der Waals surface area contributed by atoms with E-state index in [1.807, 2.05) is 6.92 Å². The summed E-state index contributed by atoms with van der Waals surface area (Å²) in [6.45, 7) is 1.89. The van der Waals surface area contributed by atoms with Crippen molar-refractivity contribution in [2.75, 3.05) is 11.5 Å². The van der Waals surface area contributed by atoms with Gasteiger partial charge in [0.05, 0.1) is 11.5 Å². The standard InChI is InChI=1S/C6H13NO2S/c1-5-4-10(8,9)3-2-6(5)7/h5-6H,2-4,7H2,1H3/t5-,6-/m1/s1. The van der Waals surface area contributed by atoms with Gasteiger partial charge in [-0.3, -0.25) is 0 Å². The lowest BCUT2D eigenvalue weighted by Crippen LogP contribution is -2.40. The fourth-order valence-corrected chi connectivity index (χ4v) is 3.05. The van der Waals surface area contributed by atoms with E-state index in [2.05, 4.69) is 0 Å². The lowest BCUT2D eigenvalue weighted by Gasteiger charge is -2.24. The van der Waals surface area contributed by atoms with E-state index in [1.54, 1.807) is 0 Å². The molecular weight excluding hydrogens is 150 g/mol. The monoisotopic (exact) mass is 163 g/mol. The van der Waals surface area contributed by atoms with Crippen molar-refractivity contribution >= 4 is 9.84 Å². The Bertz CT molecular complexity index is 210. The van der Waals surface area contributed by atoms with Crippen LogP contribution in [0.15, 0.2) is 0 Å². The van der Waals surface area contributed by atoms with E-state index >= 15 is 0 Å². The molecule has 0 spiro atoms. The molecule has 60 valence electrons. The van der Waals surface area contributed by atoms with Crippen LogP contribution in [0.2, 0.25) is 0 Å². The minimum atomic E-state index is -2.74. The zero-order chi connectivity index (χ0) is 7.78. The molecule has 1 rings (SSSR count). The van der Waals surface area contributed by atoms with Crippen LogP contribution in [0.1, 0.15) is 13.3 Å². The third kappa shape index (κ3) is 1.70. The zero-order valence-electron chi connectivity index (χ0n) is 6.08. The SMILES string of the molecule is C[C@@H]1CS(=O)(=O)CC[C@H]1N. The molecule has 0 aromatic carbocycles. The summed E-state index contributed by atoms with van der Waals surface area (Å²) in [5.41, 5.74) is 5.63. The number of hydrogen-bond acceptors (Lipinski definition) is 3. The van der Waals surface area contributed by atoms with Crippen LogP contribution < -0.4 is 5.73 Å². The molecule has 10 heavy (non-hydrogen) atoms. The van der Waals surface area contributed by atoms with E-state index in [1.165, 1.54) is 0 Å². The van der Waals surface area contributed by atoms with Crippen LogP contribution in [0.25, 0.3) is 0 Å². The predicted molar refractivity (Wildman–Crippen MR) is 40.4 cm³/mol. The van der Waals surface area contributed by atoms with E-state index in [4.69, 9.17) is 5.73 Å². The first-order valence-corrected chi connectivity index (χ1v) is 5.29. The van der Waals surface area contributed by atoms with Gasteiger partial charge < -0.3 is 5.73 Å². The first-order chi connectivity index (χ1) is 4.51. The molecule has 0 saturated carbocycles. The van der Waals surface area contributed by atoms with Crippen molar-refractivity contribution in [2.45, 2.75) is 19.4 Å². The number of rotatable bonds is 0. The maximum Gasteiger partial charge on any atom is 0.150 e. The van der Waals surface area contributed by atoms with E-state index in [0.717, 1.165) is 0 Å². The van der Waals surface area contributed by atoms with Crippen molar-refractivity contribution in [3.63, 3.8) is 0 Å². The molecule has 0 aliphatic carbocycles. The molecular formula is C6H13NO2S. The Labute approximate surface area is 61.5 Å². The highest BCUT2D eigenvalue weighted by Gasteiger charge is 2.27. The number of nitrogens with two attached hydrogens (primary N) is 1. The molecule has 1 saturated heterocycles. The summed E-state index contributed by atoms with van der Waals surface area (Å²) >= 11 is 0. The van der Waals surface area contributed by atoms with Gasteiger partial charge in [0.1, 0.15) is 0 Å². The molecule has 0 radical (unpaired) electrons. The van der Waals surface area contributed by atoms with E-state index in [9.17, 15) is 8.42 Å². The maximum atomic E-state index is 11.0. The summed E-state index contributed by atoms with van der Waals surface area (Å²) in [4.78, 5) is 0. The highest BCUT2D eigenvalue weighted by atomic mass is 32.2. The van der Waals surface area contributed by atoms with Crippen LogP contribution >= 0.6 is 0 Å². The fraction of sp³-hybridized carbons (Fsp3) is 1.00. The number of sulfone groups is 1. The average molecular weight is 163 g/mol. The minimum Gasteiger partial charge on any atom is -0.327 e. The van der Waals surface area contributed by atoms with E-state index in [0.29, 0.717) is 6.42 Å². The molecule has 4 heteroatoms. The van der Waals surface area contributed by atoms with Gasteiger partial charge in [0.15, 0.2) is 9.84 Å². The molecule has 2 atom stereocenters. The van der Waals surface area contributed by atoms with Crippen molar-refractivity contribution in [3.05, 3.63) is 0 Å². The Morgan fingerprint density at radius 1 is 1.50 bits per heavy atom. The number of hydrogen-bond donors (Lipinski definition) is 1. The largest absolute Gasteiger partial charge is 0.327 e. The molecule has 0 amide bonds. The molecule has 0 aromatic rings. The van der Waals surface area contributed by atoms with Gasteiger partial charge in [-0.25, -0.2) is 8.42 Å². The van der Waals surface area contributed by atoms with Crippen molar-refractivity contribution in [1.29, 1.82) is 0 Å². The Balaban J connectivity index is 2.66. The van der Waals surface area contributed by atoms with Gasteiger partial charge in [-0.05, 0) is 12.3 Å². The Kier molecular flexibility index (Phi) is 2.01. The van der Waals surface area contributed by atoms with Crippen molar-refractivity contribution in [2.24, 2.45) is 11.7 Å². The maximum absolute atomic E-state index is 11.0. The summed E-state index contributed by atoms with van der Waals surface area (Å²) in [6, 6.07) is 0.0866. The lowest BCUT2D eigenvalue weighted by molar-refractivity contribution is 0.451. The predicted octanol–water partition coefficient (Wildman–Crippen LogP) is -0.232. The molecule has 1 aliphatic heterocycles. The molecule has 0 unspecified atom stereocenters. The molecule has 0 bridgehead atoms. The Hall–Kier alpha value is -0.0900. The summed E-state index contributed by atoms with van der Waals surface area (Å²) in [7, 11) is -2.74. The van der Waals surface area contributed by atoms with Gasteiger partial charge in [-0.15, -0.1) is 0 Å². The minimum absolute atomic E-state index is 0.0866. The van der Waals surface area contributed by atoms with Crippen LogP contribution in [-0.4, -0.2) is 26.0 Å². The van der Waals surface area contributed by atoms with Crippen molar-refractivity contribution in [1.82, 2.24) is 0 Å². The fourth-order valence-electron chi connectivity index (χ4n) is 1.21. The topological polar surface area (TPSA) is 60.2 Å². The molecule has 2 N–H and O–H groups in total. The third-order valence-electron chi connectivity index (χ3n) is 2.01. The molecule has 3 nitrogen and oxygen atoms in total. The second-order valence-electron chi connectivity index (χ2n) is 3.04. The molecule has 1 fully saturated rings. The van der Waals surface area contributed by atoms with Gasteiger partial charge in [0.25, 0.3) is 0 Å². The Morgan fingerprint density at radius 3 is 2.50 bits per heavy atom. The van der Waals surface area contributed by atoms with Gasteiger partial charge in [0.2, 0.25) is 0 Å². The highest BCUT2D eigenvalue weighted by Crippen LogP contribution is 2.16. The van der Waals surface area contributed by atoms with E-state index in [-0.39, 0.29) is 23.5 Å². The van der Waals surface area contributed by atoms with Crippen LogP contribution in [0, 0.1) is 5.92 Å². The van der Waals surface area contributed by atoms with Crippen LogP contribution in [0.4, 0.5) is 0 Å². The van der Waals surface area contributed by atoms with Crippen LogP contribution in [-0.2, 0) is 9.84 Å². The van der Waals surface area contributed by atoms with Gasteiger partial charge in [-0.1, -0.05) is 6.92 Å². The summed E-state index contributed by atoms with van der Waals surface area (Å²) in [5.74, 6) is 0.686. The highest BCUT2D eigenvalue weighted by molar-refractivity contribution is 7.91. The quantitative estimate of drug-likeness (QED) is 0.536. The summed E-state index contributed by atoms with van der Waals surface area (Å²) in [6.07, 6.45) is 0.628. The van der Waals surface area contributed by atoms with Crippen LogP contribution in [0.3, 0.4) is 0 Å². The second-order valence-corrected chi connectivity index (χ2v) is 5.27. The molecule has 0 aromatic heterocycles. The zero-order valence-corrected chi connectivity index (χ0v) is 6.89. The van der Waals surface area contributed by atoms with Crippen LogP contribution in [0.5, 0.6) is 0 Å². The van der Waals surface area contributed by atoms with Crippen molar-refractivity contribution < 1.29 is 8.42 Å². The first kappa shape index (κ1) is 8.01. The second kappa shape index (κ2) is 2.51. The molecule has 1 aliphatic rings. The van der Waals surface area contributed by atoms with Gasteiger partial charge >= 0.3 is 0 Å². The average Bonchev–Trinajstić information content (AvgIpc) is 1.79. The normalized spacial score (nSPS) is 39.4. The smallest absolute Gasteiger partial charge is 0.150 e. The summed E-state index contributed by atoms with van der Waals surface area (Å²) in [5, 5.41) is 0. The van der Waals surface area contributed by atoms with Gasteiger partial charge in [0, 0.05) is 6.04 Å². The molecule has 1 heterocycles. The first-order valence-electron chi connectivity index (χ1n) is 3.47. The van der Waals surface area contributed by atoms with Crippen molar-refractivity contribution in [3.8, 4) is 0 Å². The Morgan fingerprint density at radius 2 is 2.10 bits per heavy atom. The van der Waals surface area contributed by atoms with Gasteiger partial charge in [-0.2, -0.15) is 0 Å². The third-order valence-corrected chi connectivity index (χ3v) is 3.90. The van der Waals surface area contributed by atoms with E-state index < -0.39 is 9.84 Å². The lowest BCUT2D eigenvalue weighted by atomic mass is 10.0. The summed E-state index contributed by atoms with van der Waals surface area (Å²) < 4.78 is 21.9.